The first-order chi connectivity index (χ1) is 10.2. The van der Waals surface area contributed by atoms with Crippen LogP contribution in [0.4, 0.5) is 4.79 Å². The Morgan fingerprint density at radius 2 is 1.95 bits per heavy atom. The quantitative estimate of drug-likeness (QED) is 0.788. The zero-order valence-electron chi connectivity index (χ0n) is 13.9. The summed E-state index contributed by atoms with van der Waals surface area (Å²) >= 11 is 0. The fraction of sp³-hybridized carbons (Fsp3) is 0.933. The van der Waals surface area contributed by atoms with E-state index in [1.807, 2.05) is 0 Å². The number of ether oxygens (including phenoxy) is 1. The molecule has 128 valence electrons. The van der Waals surface area contributed by atoms with E-state index in [0.717, 1.165) is 12.8 Å². The highest BCUT2D eigenvalue weighted by atomic mass is 31.2. The van der Waals surface area contributed by atoms with Crippen LogP contribution >= 0.6 is 7.37 Å². The molecule has 22 heavy (non-hydrogen) atoms. The molecule has 1 N–H and O–H groups in total. The van der Waals surface area contributed by atoms with Gasteiger partial charge in [-0.05, 0) is 26.2 Å². The molecule has 1 aliphatic carbocycles. The molecule has 6 nitrogen and oxygen atoms in total. The number of rotatable bonds is 4. The summed E-state index contributed by atoms with van der Waals surface area (Å²) in [6.07, 6.45) is 5.52. The molecule has 2 unspecified atom stereocenters. The molecular weight excluding hydrogens is 305 g/mol. The van der Waals surface area contributed by atoms with Crippen molar-refractivity contribution in [1.29, 1.82) is 0 Å². The van der Waals surface area contributed by atoms with Crippen LogP contribution in [-0.4, -0.2) is 47.5 Å². The minimum absolute atomic E-state index is 0.411. The molecule has 2 rings (SSSR count). The van der Waals surface area contributed by atoms with Crippen LogP contribution in [0, 0.1) is 5.92 Å². The van der Waals surface area contributed by atoms with Gasteiger partial charge in [-0.2, -0.15) is 0 Å². The highest BCUT2D eigenvalue weighted by Crippen LogP contribution is 2.56. The Balaban J connectivity index is 2.27. The maximum atomic E-state index is 12.7. The Kier molecular flexibility index (Phi) is 5.25. The summed E-state index contributed by atoms with van der Waals surface area (Å²) in [6.45, 7) is 4.96. The van der Waals surface area contributed by atoms with E-state index >= 15 is 0 Å². The second-order valence-corrected chi connectivity index (χ2v) is 9.70. The molecule has 2 fully saturated rings. The van der Waals surface area contributed by atoms with E-state index in [0.29, 0.717) is 12.3 Å². The largest absolute Gasteiger partial charge is 0.465 e. The third-order valence-electron chi connectivity index (χ3n) is 4.98. The summed E-state index contributed by atoms with van der Waals surface area (Å²) in [5, 5.41) is 9.62. The molecule has 3 atom stereocenters. The van der Waals surface area contributed by atoms with Gasteiger partial charge in [0.15, 0.2) is 5.85 Å². The molecule has 0 radical (unpaired) electrons. The van der Waals surface area contributed by atoms with Gasteiger partial charge in [-0.1, -0.05) is 32.1 Å². The summed E-state index contributed by atoms with van der Waals surface area (Å²) in [5.74, 6) is -0.219. The molecule has 1 amide bonds. The molecule has 0 bridgehead atoms. The predicted molar refractivity (Wildman–Crippen MR) is 84.3 cm³/mol. The number of hydrogen-bond donors (Lipinski definition) is 1. The van der Waals surface area contributed by atoms with Gasteiger partial charge in [0.05, 0.1) is 6.04 Å². The highest BCUT2D eigenvalue weighted by Gasteiger charge is 2.55. The van der Waals surface area contributed by atoms with Crippen LogP contribution in [0.3, 0.4) is 0 Å². The van der Waals surface area contributed by atoms with E-state index in [4.69, 9.17) is 9.26 Å². The van der Waals surface area contributed by atoms with Crippen LogP contribution in [0.25, 0.3) is 0 Å². The van der Waals surface area contributed by atoms with Crippen molar-refractivity contribution in [2.75, 3.05) is 13.8 Å². The summed E-state index contributed by atoms with van der Waals surface area (Å²) in [5.41, 5.74) is -0.986. The number of hydrogen-bond acceptors (Lipinski definition) is 4. The second kappa shape index (κ2) is 6.50. The summed E-state index contributed by atoms with van der Waals surface area (Å²) in [4.78, 5) is 13.1. The minimum atomic E-state index is -3.03. The van der Waals surface area contributed by atoms with Gasteiger partial charge in [-0.3, -0.25) is 9.46 Å². The van der Waals surface area contributed by atoms with Crippen molar-refractivity contribution in [3.05, 3.63) is 0 Å². The minimum Gasteiger partial charge on any atom is -0.465 e. The van der Waals surface area contributed by atoms with Gasteiger partial charge in [-0.15, -0.1) is 0 Å². The van der Waals surface area contributed by atoms with Crippen LogP contribution in [0.15, 0.2) is 0 Å². The van der Waals surface area contributed by atoms with E-state index in [1.54, 1.807) is 13.8 Å². The SMILES string of the molecule is COP(C)(=O)C1OC(C)(C)N(C(=O)O)[C@H]1CC1CCCCC1. The fourth-order valence-electron chi connectivity index (χ4n) is 3.83. The fourth-order valence-corrected chi connectivity index (χ4v) is 5.37. The maximum absolute atomic E-state index is 12.7. The van der Waals surface area contributed by atoms with Crippen LogP contribution in [0.1, 0.15) is 52.4 Å². The van der Waals surface area contributed by atoms with Crippen LogP contribution in [-0.2, 0) is 13.8 Å². The topological polar surface area (TPSA) is 76.1 Å². The van der Waals surface area contributed by atoms with E-state index in [1.165, 1.54) is 37.9 Å². The molecule has 1 aliphatic heterocycles. The zero-order valence-corrected chi connectivity index (χ0v) is 14.8. The first-order valence-corrected chi connectivity index (χ1v) is 10.2. The molecule has 1 saturated heterocycles. The molecule has 1 heterocycles. The van der Waals surface area contributed by atoms with Crippen molar-refractivity contribution < 1.29 is 23.7 Å². The van der Waals surface area contributed by atoms with Crippen molar-refractivity contribution in [2.24, 2.45) is 5.92 Å². The molecule has 1 saturated carbocycles. The Morgan fingerprint density at radius 1 is 1.36 bits per heavy atom. The van der Waals surface area contributed by atoms with Crippen molar-refractivity contribution in [2.45, 2.75) is 70.0 Å². The maximum Gasteiger partial charge on any atom is 0.409 e. The van der Waals surface area contributed by atoms with Crippen molar-refractivity contribution in [3.63, 3.8) is 0 Å². The summed E-state index contributed by atoms with van der Waals surface area (Å²) in [7, 11) is -1.63. The number of amides is 1. The Morgan fingerprint density at radius 3 is 2.45 bits per heavy atom. The Hall–Kier alpha value is -0.580. The first-order valence-electron chi connectivity index (χ1n) is 8.02. The van der Waals surface area contributed by atoms with E-state index in [9.17, 15) is 14.5 Å². The molecule has 7 heteroatoms. The number of carbonyl (C=O) groups is 1. The lowest BCUT2D eigenvalue weighted by atomic mass is 9.84. The zero-order chi connectivity index (χ0) is 16.5. The average Bonchev–Trinajstić information content (AvgIpc) is 2.71. The van der Waals surface area contributed by atoms with Crippen LogP contribution in [0.2, 0.25) is 0 Å². The Bertz CT molecular complexity index is 461. The molecule has 0 aromatic rings. The second-order valence-electron chi connectivity index (χ2n) is 7.01. The number of carboxylic acid groups (broad SMARTS) is 1. The van der Waals surface area contributed by atoms with Gasteiger partial charge in [0, 0.05) is 13.8 Å². The number of nitrogens with zero attached hydrogens (tertiary/aromatic N) is 1. The standard InChI is InChI=1S/C15H28NO5P/c1-15(2)16(14(17)18)12(10-11-8-6-5-7-9-11)13(21-15)22(4,19)20-3/h11-13H,5-10H2,1-4H3,(H,17,18)/t12-,13?,22?/m0/s1. The normalized spacial score (nSPS) is 31.9. The van der Waals surface area contributed by atoms with Crippen molar-refractivity contribution >= 4 is 13.5 Å². The smallest absolute Gasteiger partial charge is 0.409 e. The van der Waals surface area contributed by atoms with Crippen LogP contribution in [0.5, 0.6) is 0 Å². The lowest BCUT2D eigenvalue weighted by Crippen LogP contribution is -2.48. The average molecular weight is 333 g/mol. The van der Waals surface area contributed by atoms with E-state index < -0.39 is 31.1 Å². The lowest BCUT2D eigenvalue weighted by Gasteiger charge is -2.34. The van der Waals surface area contributed by atoms with Crippen molar-refractivity contribution in [1.82, 2.24) is 4.90 Å². The monoisotopic (exact) mass is 333 g/mol. The van der Waals surface area contributed by atoms with Gasteiger partial charge in [0.1, 0.15) is 5.72 Å². The van der Waals surface area contributed by atoms with Gasteiger partial charge in [0.2, 0.25) is 7.37 Å². The van der Waals surface area contributed by atoms with Gasteiger partial charge in [-0.25, -0.2) is 4.79 Å². The highest BCUT2D eigenvalue weighted by molar-refractivity contribution is 7.58. The molecular formula is C15H28NO5P. The molecule has 2 aliphatic rings. The third kappa shape index (κ3) is 3.50. The third-order valence-corrected chi connectivity index (χ3v) is 7.08. The molecule has 0 aromatic heterocycles. The Labute approximate surface area is 132 Å². The summed E-state index contributed by atoms with van der Waals surface area (Å²) < 4.78 is 23.8. The van der Waals surface area contributed by atoms with Crippen LogP contribution < -0.4 is 0 Å². The van der Waals surface area contributed by atoms with Gasteiger partial charge >= 0.3 is 6.09 Å². The molecule has 0 aromatic carbocycles. The van der Waals surface area contributed by atoms with Crippen molar-refractivity contribution in [3.8, 4) is 0 Å². The van der Waals surface area contributed by atoms with Gasteiger partial charge in [0.25, 0.3) is 0 Å². The van der Waals surface area contributed by atoms with E-state index in [-0.39, 0.29) is 0 Å². The first kappa shape index (κ1) is 17.8. The van der Waals surface area contributed by atoms with E-state index in [2.05, 4.69) is 0 Å². The molecule has 0 spiro atoms. The predicted octanol–water partition coefficient (Wildman–Crippen LogP) is 3.95. The lowest BCUT2D eigenvalue weighted by molar-refractivity contribution is -0.0523. The summed E-state index contributed by atoms with van der Waals surface area (Å²) in [6, 6.07) is -0.411. The van der Waals surface area contributed by atoms with Gasteiger partial charge < -0.3 is 14.4 Å².